The van der Waals surface area contributed by atoms with E-state index in [1.807, 2.05) is 0 Å². The van der Waals surface area contributed by atoms with Gasteiger partial charge in [-0.3, -0.25) is 9.59 Å². The Morgan fingerprint density at radius 3 is 2.67 bits per heavy atom. The molecule has 0 saturated carbocycles. The highest BCUT2D eigenvalue weighted by Crippen LogP contribution is 2.28. The van der Waals surface area contributed by atoms with Crippen LogP contribution in [0.15, 0.2) is 36.5 Å². The van der Waals surface area contributed by atoms with E-state index in [4.69, 9.17) is 16.2 Å². The fraction of sp³-hybridized carbons (Fsp3) is 0.211. The molecule has 1 aromatic carbocycles. The molecule has 2 aromatic heterocycles. The molecule has 2 heterocycles. The van der Waals surface area contributed by atoms with Crippen LogP contribution in [0.1, 0.15) is 23.7 Å². The monoisotopic (exact) mass is 411 g/mol. The normalized spacial score (nSPS) is 11.7. The number of pyridine rings is 1. The smallest absolute Gasteiger partial charge is 0.258 e. The maximum Gasteiger partial charge on any atom is 0.258 e. The van der Waals surface area contributed by atoms with Gasteiger partial charge in [0.15, 0.2) is 12.0 Å². The van der Waals surface area contributed by atoms with Crippen molar-refractivity contribution in [3.8, 4) is 5.88 Å². The van der Waals surface area contributed by atoms with Crippen molar-refractivity contribution >= 4 is 40.2 Å². The molecule has 0 aliphatic carbocycles. The van der Waals surface area contributed by atoms with E-state index in [0.29, 0.717) is 23.0 Å². The number of hydrogen-bond acceptors (Lipinski definition) is 8. The van der Waals surface area contributed by atoms with Crippen LogP contribution >= 0.6 is 0 Å². The van der Waals surface area contributed by atoms with Crippen molar-refractivity contribution in [1.29, 1.82) is 0 Å². The summed E-state index contributed by atoms with van der Waals surface area (Å²) in [5.74, 6) is -1.35. The fourth-order valence-electron chi connectivity index (χ4n) is 2.90. The standard InChI is InChI=1S/C19H21N7O4/c1-3-12(15(20)27)23-19-24-17(14(16(21)28)18(25-19)30-2)22-11-6-7-13-10(9-11)5-4-8-26(13)29/h4-9,12H,3H2,1-2H3,(H2,20,27)(H2,21,28)(H2,22,23,24,25). The summed E-state index contributed by atoms with van der Waals surface area (Å²) in [6, 6.07) is 7.69. The summed E-state index contributed by atoms with van der Waals surface area (Å²) in [6.07, 6.45) is 1.80. The number of aromatic nitrogens is 3. The first kappa shape index (κ1) is 20.6. The minimum absolute atomic E-state index is 0.0307. The summed E-state index contributed by atoms with van der Waals surface area (Å²) in [4.78, 5) is 32.0. The third kappa shape index (κ3) is 4.14. The van der Waals surface area contributed by atoms with Gasteiger partial charge in [-0.05, 0) is 24.6 Å². The lowest BCUT2D eigenvalue weighted by molar-refractivity contribution is -0.577. The number of nitrogens with one attached hydrogen (secondary N) is 2. The number of carbonyl (C=O) groups is 2. The van der Waals surface area contributed by atoms with Crippen molar-refractivity contribution in [1.82, 2.24) is 9.97 Å². The van der Waals surface area contributed by atoms with E-state index in [0.717, 1.165) is 4.73 Å². The summed E-state index contributed by atoms with van der Waals surface area (Å²) in [5.41, 5.74) is 11.8. The molecule has 0 aliphatic heterocycles. The number of anilines is 3. The van der Waals surface area contributed by atoms with Crippen LogP contribution in [-0.2, 0) is 4.79 Å². The van der Waals surface area contributed by atoms with Gasteiger partial charge in [-0.15, -0.1) is 0 Å². The van der Waals surface area contributed by atoms with Crippen molar-refractivity contribution in [2.24, 2.45) is 11.5 Å². The molecule has 1 unspecified atom stereocenters. The van der Waals surface area contributed by atoms with Gasteiger partial charge < -0.3 is 32.0 Å². The molecule has 0 bridgehead atoms. The second-order valence-electron chi connectivity index (χ2n) is 6.38. The number of rotatable bonds is 8. The van der Waals surface area contributed by atoms with Gasteiger partial charge in [0.05, 0.1) is 7.11 Å². The lowest BCUT2D eigenvalue weighted by Crippen LogP contribution is -2.35. The zero-order valence-electron chi connectivity index (χ0n) is 16.4. The Kier molecular flexibility index (Phi) is 5.81. The summed E-state index contributed by atoms with van der Waals surface area (Å²) in [6.45, 7) is 1.77. The van der Waals surface area contributed by atoms with Gasteiger partial charge in [-0.1, -0.05) is 6.92 Å². The number of amides is 2. The molecular weight excluding hydrogens is 390 g/mol. The molecule has 11 heteroatoms. The summed E-state index contributed by atoms with van der Waals surface area (Å²) in [7, 11) is 1.33. The summed E-state index contributed by atoms with van der Waals surface area (Å²) in [5, 5.41) is 18.4. The van der Waals surface area contributed by atoms with Crippen molar-refractivity contribution in [2.75, 3.05) is 17.7 Å². The lowest BCUT2D eigenvalue weighted by Gasteiger charge is -2.17. The zero-order chi connectivity index (χ0) is 21.8. The quantitative estimate of drug-likeness (QED) is 0.311. The molecule has 6 N–H and O–H groups in total. The average molecular weight is 411 g/mol. The largest absolute Gasteiger partial charge is 0.618 e. The zero-order valence-corrected chi connectivity index (χ0v) is 16.4. The van der Waals surface area contributed by atoms with Gasteiger partial charge in [0.1, 0.15) is 11.6 Å². The van der Waals surface area contributed by atoms with Crippen LogP contribution in [-0.4, -0.2) is 34.9 Å². The molecule has 1 atom stereocenters. The highest BCUT2D eigenvalue weighted by molar-refractivity contribution is 6.01. The van der Waals surface area contributed by atoms with Crippen LogP contribution in [0, 0.1) is 5.21 Å². The van der Waals surface area contributed by atoms with Crippen molar-refractivity contribution in [3.63, 3.8) is 0 Å². The number of carbonyl (C=O) groups excluding carboxylic acids is 2. The fourth-order valence-corrected chi connectivity index (χ4v) is 2.90. The second kappa shape index (κ2) is 8.47. The molecule has 0 radical (unpaired) electrons. The molecule has 0 saturated heterocycles. The number of nitrogens with two attached hydrogens (primary N) is 2. The molecule has 0 aliphatic rings. The molecule has 30 heavy (non-hydrogen) atoms. The van der Waals surface area contributed by atoms with Crippen molar-refractivity contribution in [3.05, 3.63) is 47.3 Å². The molecule has 3 rings (SSSR count). The highest BCUT2D eigenvalue weighted by atomic mass is 16.5. The molecule has 156 valence electrons. The first-order chi connectivity index (χ1) is 14.3. The molecular formula is C19H21N7O4. The van der Waals surface area contributed by atoms with Crippen LogP contribution < -0.4 is 31.6 Å². The van der Waals surface area contributed by atoms with Gasteiger partial charge in [-0.25, -0.2) is 0 Å². The maximum absolute atomic E-state index is 12.0. The number of nitrogens with zero attached hydrogens (tertiary/aromatic N) is 3. The number of methoxy groups -OCH3 is 1. The van der Waals surface area contributed by atoms with Gasteiger partial charge in [0, 0.05) is 23.2 Å². The van der Waals surface area contributed by atoms with E-state index in [-0.39, 0.29) is 23.2 Å². The predicted octanol–water partition coefficient (Wildman–Crippen LogP) is 0.790. The Morgan fingerprint density at radius 2 is 2.03 bits per heavy atom. The van der Waals surface area contributed by atoms with Crippen LogP contribution in [0.4, 0.5) is 17.5 Å². The van der Waals surface area contributed by atoms with Gasteiger partial charge in [0.25, 0.3) is 5.91 Å². The maximum atomic E-state index is 12.0. The number of primary amides is 2. The molecule has 11 nitrogen and oxygen atoms in total. The van der Waals surface area contributed by atoms with E-state index in [1.54, 1.807) is 37.3 Å². The molecule has 0 spiro atoms. The Balaban J connectivity index is 2.06. The third-order valence-electron chi connectivity index (χ3n) is 4.40. The van der Waals surface area contributed by atoms with E-state index < -0.39 is 17.9 Å². The number of benzene rings is 1. The van der Waals surface area contributed by atoms with Crippen LogP contribution in [0.5, 0.6) is 5.88 Å². The molecule has 0 fully saturated rings. The highest BCUT2D eigenvalue weighted by Gasteiger charge is 2.22. The minimum Gasteiger partial charge on any atom is -0.618 e. The second-order valence-corrected chi connectivity index (χ2v) is 6.38. The van der Waals surface area contributed by atoms with E-state index in [2.05, 4.69) is 20.6 Å². The Hall–Kier alpha value is -4.15. The topological polar surface area (TPSA) is 172 Å². The Morgan fingerprint density at radius 1 is 1.27 bits per heavy atom. The predicted molar refractivity (Wildman–Crippen MR) is 110 cm³/mol. The van der Waals surface area contributed by atoms with Gasteiger partial charge in [0.2, 0.25) is 23.3 Å². The van der Waals surface area contributed by atoms with Gasteiger partial charge in [-0.2, -0.15) is 14.7 Å². The minimum atomic E-state index is -0.805. The Bertz CT molecular complexity index is 1120. The third-order valence-corrected chi connectivity index (χ3v) is 4.40. The van der Waals surface area contributed by atoms with Gasteiger partial charge >= 0.3 is 0 Å². The number of hydrogen-bond donors (Lipinski definition) is 4. The number of ether oxygens (including phenoxy) is 1. The van der Waals surface area contributed by atoms with E-state index in [1.165, 1.54) is 13.3 Å². The SMILES string of the molecule is CCC(Nc1nc(Nc2ccc3c(ccc[n+]3[O-])c2)c(C(N)=O)c(OC)n1)C(N)=O. The molecule has 3 aromatic rings. The first-order valence-corrected chi connectivity index (χ1v) is 9.04. The summed E-state index contributed by atoms with van der Waals surface area (Å²) >= 11 is 0. The van der Waals surface area contributed by atoms with Crippen LogP contribution in [0.2, 0.25) is 0 Å². The summed E-state index contributed by atoms with van der Waals surface area (Å²) < 4.78 is 5.94. The number of fused-ring (bicyclic) bond motifs is 1. The van der Waals surface area contributed by atoms with E-state index in [9.17, 15) is 14.8 Å². The van der Waals surface area contributed by atoms with Crippen LogP contribution in [0.3, 0.4) is 0 Å². The lowest BCUT2D eigenvalue weighted by atomic mass is 10.2. The average Bonchev–Trinajstić information content (AvgIpc) is 2.71. The Labute approximate surface area is 171 Å². The van der Waals surface area contributed by atoms with Crippen molar-refractivity contribution in [2.45, 2.75) is 19.4 Å². The first-order valence-electron chi connectivity index (χ1n) is 9.04. The molecule has 2 amide bonds. The van der Waals surface area contributed by atoms with E-state index >= 15 is 0 Å². The van der Waals surface area contributed by atoms with Crippen LogP contribution in [0.25, 0.3) is 10.9 Å². The van der Waals surface area contributed by atoms with Crippen molar-refractivity contribution < 1.29 is 19.1 Å².